The third-order valence-electron chi connectivity index (χ3n) is 5.47. The number of nitrogens with one attached hydrogen (secondary N) is 2. The lowest BCUT2D eigenvalue weighted by Gasteiger charge is -2.23. The smallest absolute Gasteiger partial charge is 0.399 e. The van der Waals surface area contributed by atoms with Gasteiger partial charge in [-0.25, -0.2) is 13.4 Å². The summed E-state index contributed by atoms with van der Waals surface area (Å²) in [6, 6.07) is 2.71. The number of hydrogen-bond acceptors (Lipinski definition) is 8. The number of sulfonamides is 1. The zero-order valence-corrected chi connectivity index (χ0v) is 19.3. The summed E-state index contributed by atoms with van der Waals surface area (Å²) in [7, 11) is -3.67. The average Bonchev–Trinajstić information content (AvgIpc) is 3.25. The highest BCUT2D eigenvalue weighted by Crippen LogP contribution is 2.36. The van der Waals surface area contributed by atoms with E-state index in [4.69, 9.17) is 5.73 Å². The van der Waals surface area contributed by atoms with Crippen molar-refractivity contribution in [3.8, 4) is 0 Å². The fourth-order valence-corrected chi connectivity index (χ4v) is 4.38. The zero-order chi connectivity index (χ0) is 24.7. The van der Waals surface area contributed by atoms with Gasteiger partial charge in [0.05, 0.1) is 46.8 Å². The van der Waals surface area contributed by atoms with Crippen LogP contribution in [0.4, 0.5) is 36.3 Å². The summed E-state index contributed by atoms with van der Waals surface area (Å²) >= 11 is 0. The molecule has 1 aliphatic heterocycles. The van der Waals surface area contributed by atoms with Crippen LogP contribution in [0.1, 0.15) is 36.9 Å². The SMILES string of the molecule is C[C@@H](Nc1nc(NS(C)(=O)=O)nc2cncc(N3CCCC3)c12)c1cc(N)cc(C(F)(F)F)c1. The van der Waals surface area contributed by atoms with Gasteiger partial charge in [-0.1, -0.05) is 0 Å². The fourth-order valence-electron chi connectivity index (χ4n) is 3.96. The van der Waals surface area contributed by atoms with Crippen LogP contribution in [-0.4, -0.2) is 42.7 Å². The van der Waals surface area contributed by atoms with Crippen molar-refractivity contribution in [1.29, 1.82) is 0 Å². The van der Waals surface area contributed by atoms with Gasteiger partial charge in [0.2, 0.25) is 16.0 Å². The Kier molecular flexibility index (Phi) is 6.14. The molecule has 9 nitrogen and oxygen atoms in total. The monoisotopic (exact) mass is 495 g/mol. The van der Waals surface area contributed by atoms with Crippen molar-refractivity contribution in [2.24, 2.45) is 0 Å². The quantitative estimate of drug-likeness (QED) is 0.441. The first-order valence-electron chi connectivity index (χ1n) is 10.5. The first-order chi connectivity index (χ1) is 15.9. The summed E-state index contributed by atoms with van der Waals surface area (Å²) in [6.07, 6.45) is 1.61. The van der Waals surface area contributed by atoms with E-state index in [1.165, 1.54) is 12.3 Å². The van der Waals surface area contributed by atoms with Crippen LogP contribution in [-0.2, 0) is 16.2 Å². The molecule has 3 aromatic rings. The number of nitrogens with zero attached hydrogens (tertiary/aromatic N) is 4. The van der Waals surface area contributed by atoms with Crippen LogP contribution in [0.25, 0.3) is 10.9 Å². The minimum absolute atomic E-state index is 0.0209. The number of hydrogen-bond donors (Lipinski definition) is 3. The number of nitrogens with two attached hydrogens (primary N) is 1. The summed E-state index contributed by atoms with van der Waals surface area (Å²) in [5.74, 6) is 0.0950. The van der Waals surface area contributed by atoms with Gasteiger partial charge in [0.15, 0.2) is 0 Å². The number of rotatable bonds is 6. The van der Waals surface area contributed by atoms with E-state index in [0.29, 0.717) is 16.5 Å². The number of nitrogen functional groups attached to an aromatic ring is 1. The molecule has 0 amide bonds. The second kappa shape index (κ2) is 8.78. The Balaban J connectivity index is 1.82. The molecule has 0 radical (unpaired) electrons. The number of aromatic nitrogens is 3. The Labute approximate surface area is 194 Å². The molecular formula is C21H24F3N7O2S. The number of alkyl halides is 3. The number of fused-ring (bicyclic) bond motifs is 1. The van der Waals surface area contributed by atoms with Gasteiger partial charge in [0, 0.05) is 18.8 Å². The zero-order valence-electron chi connectivity index (χ0n) is 18.5. The molecule has 1 saturated heterocycles. The summed E-state index contributed by atoms with van der Waals surface area (Å²) < 4.78 is 65.7. The number of pyridine rings is 1. The molecule has 0 bridgehead atoms. The average molecular weight is 496 g/mol. The molecule has 1 aliphatic rings. The first kappa shape index (κ1) is 23.8. The lowest BCUT2D eigenvalue weighted by molar-refractivity contribution is -0.137. The topological polar surface area (TPSA) is 126 Å². The van der Waals surface area contributed by atoms with Crippen molar-refractivity contribution >= 4 is 44.1 Å². The number of benzene rings is 1. The molecule has 0 saturated carbocycles. The molecule has 3 heterocycles. The maximum absolute atomic E-state index is 13.3. The van der Waals surface area contributed by atoms with E-state index in [1.807, 2.05) is 0 Å². The van der Waals surface area contributed by atoms with Gasteiger partial charge in [0.1, 0.15) is 5.82 Å². The van der Waals surface area contributed by atoms with Crippen LogP contribution < -0.4 is 20.7 Å². The van der Waals surface area contributed by atoms with E-state index in [0.717, 1.165) is 50.0 Å². The molecule has 4 N–H and O–H groups in total. The Morgan fingerprint density at radius 1 is 1.12 bits per heavy atom. The summed E-state index contributed by atoms with van der Waals surface area (Å²) in [5, 5.41) is 3.73. The lowest BCUT2D eigenvalue weighted by Crippen LogP contribution is -2.20. The molecule has 2 aromatic heterocycles. The molecule has 1 aromatic carbocycles. The van der Waals surface area contributed by atoms with Gasteiger partial charge in [-0.05, 0) is 43.5 Å². The summed E-state index contributed by atoms with van der Waals surface area (Å²) in [4.78, 5) is 15.0. The molecule has 13 heteroatoms. The molecule has 0 unspecified atom stereocenters. The molecule has 0 spiro atoms. The highest BCUT2D eigenvalue weighted by atomic mass is 32.2. The second-order valence-electron chi connectivity index (χ2n) is 8.27. The molecule has 34 heavy (non-hydrogen) atoms. The van der Waals surface area contributed by atoms with E-state index in [2.05, 4.69) is 29.9 Å². The fraction of sp³-hybridized carbons (Fsp3) is 0.381. The van der Waals surface area contributed by atoms with Crippen LogP contribution in [0.2, 0.25) is 0 Å². The number of anilines is 4. The van der Waals surface area contributed by atoms with Crippen LogP contribution in [0, 0.1) is 0 Å². The van der Waals surface area contributed by atoms with Crippen molar-refractivity contribution in [3.05, 3.63) is 41.7 Å². The van der Waals surface area contributed by atoms with Crippen molar-refractivity contribution in [1.82, 2.24) is 15.0 Å². The van der Waals surface area contributed by atoms with E-state index < -0.39 is 27.8 Å². The van der Waals surface area contributed by atoms with Gasteiger partial charge in [-0.15, -0.1) is 0 Å². The maximum Gasteiger partial charge on any atom is 0.416 e. The maximum atomic E-state index is 13.3. The van der Waals surface area contributed by atoms with Gasteiger partial charge >= 0.3 is 6.18 Å². The molecule has 1 atom stereocenters. The number of halogens is 3. The van der Waals surface area contributed by atoms with Crippen molar-refractivity contribution in [3.63, 3.8) is 0 Å². The predicted octanol–water partition coefficient (Wildman–Crippen LogP) is 3.77. The van der Waals surface area contributed by atoms with E-state index in [1.54, 1.807) is 13.1 Å². The largest absolute Gasteiger partial charge is 0.416 e. The second-order valence-corrected chi connectivity index (χ2v) is 10.0. The van der Waals surface area contributed by atoms with Crippen LogP contribution >= 0.6 is 0 Å². The molecule has 4 rings (SSSR count). The Morgan fingerprint density at radius 2 is 1.82 bits per heavy atom. The minimum Gasteiger partial charge on any atom is -0.399 e. The van der Waals surface area contributed by atoms with Crippen LogP contribution in [0.5, 0.6) is 0 Å². The third kappa shape index (κ3) is 5.24. The van der Waals surface area contributed by atoms with Gasteiger partial charge in [-0.2, -0.15) is 18.2 Å². The summed E-state index contributed by atoms with van der Waals surface area (Å²) in [6.45, 7) is 3.29. The molecular weight excluding hydrogens is 471 g/mol. The Hall–Kier alpha value is -3.35. The lowest BCUT2D eigenvalue weighted by atomic mass is 10.0. The highest BCUT2D eigenvalue weighted by molar-refractivity contribution is 7.91. The highest BCUT2D eigenvalue weighted by Gasteiger charge is 2.31. The van der Waals surface area contributed by atoms with Crippen LogP contribution in [0.3, 0.4) is 0 Å². The Morgan fingerprint density at radius 3 is 2.47 bits per heavy atom. The minimum atomic E-state index is -4.55. The van der Waals surface area contributed by atoms with E-state index in [9.17, 15) is 21.6 Å². The first-order valence-corrected chi connectivity index (χ1v) is 12.4. The molecule has 0 aliphatic carbocycles. The standard InChI is InChI=1S/C21H24F3N7O2S/c1-12(13-7-14(21(22,23)24)9-15(25)8-13)27-19-18-16(28-20(29-19)30-34(2,32)33)10-26-11-17(18)31-5-3-4-6-31/h7-12H,3-6,25H2,1-2H3,(H2,27,28,29,30)/t12-/m1/s1. The van der Waals surface area contributed by atoms with Gasteiger partial charge < -0.3 is 16.0 Å². The van der Waals surface area contributed by atoms with Crippen molar-refractivity contribution < 1.29 is 21.6 Å². The van der Waals surface area contributed by atoms with Gasteiger partial charge in [-0.3, -0.25) is 9.71 Å². The van der Waals surface area contributed by atoms with Crippen molar-refractivity contribution in [2.75, 3.05) is 40.0 Å². The van der Waals surface area contributed by atoms with Gasteiger partial charge in [0.25, 0.3) is 0 Å². The van der Waals surface area contributed by atoms with Crippen molar-refractivity contribution in [2.45, 2.75) is 32.0 Å². The Bertz CT molecular complexity index is 1330. The predicted molar refractivity (Wildman–Crippen MR) is 125 cm³/mol. The molecule has 182 valence electrons. The molecule has 1 fully saturated rings. The summed E-state index contributed by atoms with van der Waals surface area (Å²) in [5.41, 5.74) is 6.31. The van der Waals surface area contributed by atoms with Crippen LogP contribution in [0.15, 0.2) is 30.6 Å². The van der Waals surface area contributed by atoms with E-state index >= 15 is 0 Å². The normalized spacial score (nSPS) is 15.5. The third-order valence-corrected chi connectivity index (χ3v) is 6.02. The van der Waals surface area contributed by atoms with E-state index in [-0.39, 0.29) is 17.5 Å².